The summed E-state index contributed by atoms with van der Waals surface area (Å²) < 4.78 is 22.0. The number of benzene rings is 6. The number of pyridine rings is 2. The van der Waals surface area contributed by atoms with E-state index in [2.05, 4.69) is 217 Å². The zero-order valence-corrected chi connectivity index (χ0v) is 48.7. The van der Waals surface area contributed by atoms with E-state index >= 15 is 0 Å². The average Bonchev–Trinajstić information content (AvgIpc) is 4.15. The summed E-state index contributed by atoms with van der Waals surface area (Å²) in [6.07, 6.45) is 3.61. The minimum absolute atomic E-state index is 0.679. The second-order valence-electron chi connectivity index (χ2n) is 20.5. The molecular formula is C66H70N6O2S2+4. The van der Waals surface area contributed by atoms with Gasteiger partial charge in [-0.1, -0.05) is 59.9 Å². The van der Waals surface area contributed by atoms with E-state index in [1.807, 2.05) is 61.0 Å². The molecule has 0 fully saturated rings. The zero-order chi connectivity index (χ0) is 54.3. The largest absolute Gasteiger partial charge is 0.398 e. The van der Waals surface area contributed by atoms with Crippen LogP contribution in [0.5, 0.6) is 0 Å². The van der Waals surface area contributed by atoms with Crippen LogP contribution in [0.4, 0.5) is 0 Å². The van der Waals surface area contributed by atoms with E-state index in [1.165, 1.54) is 109 Å². The molecule has 6 aromatic carbocycles. The Hall–Kier alpha value is -7.66. The lowest BCUT2D eigenvalue weighted by Crippen LogP contribution is -2.28. The highest BCUT2D eigenvalue weighted by Gasteiger charge is 2.26. The number of nitrogens with zero attached hydrogens (tertiary/aromatic N) is 6. The van der Waals surface area contributed by atoms with Gasteiger partial charge in [0.25, 0.3) is 26.8 Å². The summed E-state index contributed by atoms with van der Waals surface area (Å²) in [6.45, 7) is 25.9. The van der Waals surface area contributed by atoms with Gasteiger partial charge in [0, 0.05) is 36.7 Å². The predicted octanol–water partition coefficient (Wildman–Crippen LogP) is 15.1. The first kappa shape index (κ1) is 53.2. The maximum Gasteiger partial charge on any atom is 0.383 e. The van der Waals surface area contributed by atoms with Crippen LogP contribution in [0.2, 0.25) is 0 Å². The topological polar surface area (TPSA) is 67.6 Å². The zero-order valence-electron chi connectivity index (χ0n) is 47.0. The fraction of sp³-hybridized carbons (Fsp3) is 0.242. The van der Waals surface area contributed by atoms with Crippen LogP contribution in [0.25, 0.3) is 86.9 Å². The van der Waals surface area contributed by atoms with Crippen molar-refractivity contribution in [2.75, 3.05) is 0 Å². The van der Waals surface area contributed by atoms with Crippen molar-refractivity contribution in [3.05, 3.63) is 200 Å². The van der Waals surface area contributed by atoms with Crippen LogP contribution in [0.1, 0.15) is 66.8 Å². The Bertz CT molecular complexity index is 3620. The van der Waals surface area contributed by atoms with Crippen molar-refractivity contribution in [2.24, 2.45) is 28.2 Å². The van der Waals surface area contributed by atoms with Crippen molar-refractivity contribution in [3.63, 3.8) is 0 Å². The molecule has 10 heteroatoms. The molecule has 0 aliphatic heterocycles. The third-order valence-corrected chi connectivity index (χ3v) is 17.3. The molecule has 0 N–H and O–H groups in total. The highest BCUT2D eigenvalue weighted by molar-refractivity contribution is 7.21. The fourth-order valence-electron chi connectivity index (χ4n) is 10.2. The molecule has 6 aromatic heterocycles. The van der Waals surface area contributed by atoms with Gasteiger partial charge in [0.05, 0.1) is 22.3 Å². The van der Waals surface area contributed by atoms with Gasteiger partial charge in [-0.3, -0.25) is 0 Å². The molecule has 384 valence electrons. The van der Waals surface area contributed by atoms with Crippen molar-refractivity contribution in [1.29, 1.82) is 0 Å². The predicted molar refractivity (Wildman–Crippen MR) is 315 cm³/mol. The summed E-state index contributed by atoms with van der Waals surface area (Å²) >= 11 is 3.63. The van der Waals surface area contributed by atoms with Crippen LogP contribution in [0.15, 0.2) is 143 Å². The lowest BCUT2D eigenvalue weighted by Gasteiger charge is -2.06. The highest BCUT2D eigenvalue weighted by atomic mass is 32.1. The van der Waals surface area contributed by atoms with Gasteiger partial charge in [0.2, 0.25) is 16.6 Å². The van der Waals surface area contributed by atoms with Crippen LogP contribution >= 0.6 is 22.7 Å². The maximum absolute atomic E-state index is 6.04. The third-order valence-electron chi connectivity index (χ3n) is 14.9. The van der Waals surface area contributed by atoms with Crippen LogP contribution in [-0.4, -0.2) is 9.97 Å². The Kier molecular flexibility index (Phi) is 15.3. The smallest absolute Gasteiger partial charge is 0.383 e. The lowest BCUT2D eigenvalue weighted by molar-refractivity contribution is -0.637. The molecule has 76 heavy (non-hydrogen) atoms. The first-order chi connectivity index (χ1) is 36.3. The maximum atomic E-state index is 6.04. The summed E-state index contributed by atoms with van der Waals surface area (Å²) in [5, 5.41) is 2.61. The van der Waals surface area contributed by atoms with E-state index in [-0.39, 0.29) is 0 Å². The summed E-state index contributed by atoms with van der Waals surface area (Å²) in [6, 6.07) is 42.6. The summed E-state index contributed by atoms with van der Waals surface area (Å²) in [5.41, 5.74) is 26.9. The lowest BCUT2D eigenvalue weighted by atomic mass is 10.00. The van der Waals surface area contributed by atoms with E-state index in [0.29, 0.717) is 5.71 Å². The van der Waals surface area contributed by atoms with E-state index in [4.69, 9.17) is 8.83 Å². The van der Waals surface area contributed by atoms with Gasteiger partial charge in [-0.25, -0.2) is 9.97 Å². The minimum atomic E-state index is 0.679. The van der Waals surface area contributed by atoms with E-state index in [0.717, 1.165) is 38.8 Å². The molecule has 8 nitrogen and oxygen atoms in total. The van der Waals surface area contributed by atoms with Gasteiger partial charge in [-0.2, -0.15) is 18.3 Å². The molecule has 0 atom stereocenters. The normalized spacial score (nSPS) is 11.2. The van der Waals surface area contributed by atoms with Crippen LogP contribution in [0.3, 0.4) is 0 Å². The van der Waals surface area contributed by atoms with E-state index in [1.54, 1.807) is 17.5 Å². The first-order valence-electron chi connectivity index (χ1n) is 25.9. The van der Waals surface area contributed by atoms with E-state index < -0.39 is 0 Å². The van der Waals surface area contributed by atoms with Crippen LogP contribution < -0.4 is 18.3 Å². The molecular weight excluding hydrogens is 973 g/mol. The number of rotatable bonds is 4. The minimum Gasteiger partial charge on any atom is -0.398 e. The number of aromatic nitrogens is 6. The number of hydrogen-bond donors (Lipinski definition) is 0. The summed E-state index contributed by atoms with van der Waals surface area (Å²) in [4.78, 5) is 9.83. The van der Waals surface area contributed by atoms with Crippen molar-refractivity contribution < 1.29 is 27.1 Å². The molecule has 0 bridgehead atoms. The number of oxazole rings is 2. The molecule has 0 aliphatic carbocycles. The van der Waals surface area contributed by atoms with Crippen LogP contribution in [0, 0.1) is 83.1 Å². The fourth-order valence-corrected chi connectivity index (χ4v) is 12.6. The number of para-hydroxylation sites is 3. The Morgan fingerprint density at radius 1 is 0.368 bits per heavy atom. The van der Waals surface area contributed by atoms with Crippen molar-refractivity contribution >= 4 is 65.6 Å². The number of hydrogen-bond acceptors (Lipinski definition) is 6. The van der Waals surface area contributed by atoms with Crippen molar-refractivity contribution in [2.45, 2.75) is 83.1 Å². The Morgan fingerprint density at radius 3 is 1.29 bits per heavy atom. The van der Waals surface area contributed by atoms with Gasteiger partial charge in [0.1, 0.15) is 32.9 Å². The Labute approximate surface area is 455 Å². The molecule has 0 unspecified atom stereocenters. The average molecular weight is 1040 g/mol. The molecule has 0 saturated carbocycles. The summed E-state index contributed by atoms with van der Waals surface area (Å²) in [5.74, 6) is 1.78. The van der Waals surface area contributed by atoms with Gasteiger partial charge in [0.15, 0.2) is 4.83 Å². The quantitative estimate of drug-likeness (QED) is 0.165. The standard InChI is InChI=1S/C17H18NO.C17H18NS.C16H17N2O.C16H17N2S/c2*1-11-9-12(2)13(3)14(10-11)17-18(4)15-7-5-6-8-16(15)19-17;2*1-10-8-11(2)12(3)13(9-10)16-18(4)14-6-5-7-17-15(14)19-16/h2*5-10H,1-4H3;2*5-9H,1-4H3/q4*+1. The van der Waals surface area contributed by atoms with E-state index in [9.17, 15) is 0 Å². The molecule has 0 amide bonds. The highest BCUT2D eigenvalue weighted by Crippen LogP contribution is 2.34. The molecule has 0 spiro atoms. The molecule has 0 radical (unpaired) electrons. The number of thiazole rings is 2. The van der Waals surface area contributed by atoms with Gasteiger partial charge >= 0.3 is 11.8 Å². The molecule has 0 aliphatic rings. The number of aryl methyl sites for hydroxylation is 12. The van der Waals surface area contributed by atoms with Crippen LogP contribution in [-0.2, 0) is 28.2 Å². The van der Waals surface area contributed by atoms with Crippen molar-refractivity contribution in [1.82, 2.24) is 9.97 Å². The van der Waals surface area contributed by atoms with Gasteiger partial charge in [-0.15, -0.1) is 0 Å². The Morgan fingerprint density at radius 2 is 0.776 bits per heavy atom. The number of fused-ring (bicyclic) bond motifs is 4. The van der Waals surface area contributed by atoms with Crippen molar-refractivity contribution in [3.8, 4) is 44.1 Å². The second-order valence-corrected chi connectivity index (χ2v) is 22.5. The molecule has 6 heterocycles. The monoisotopic (exact) mass is 1040 g/mol. The third kappa shape index (κ3) is 10.5. The molecule has 12 aromatic rings. The van der Waals surface area contributed by atoms with Gasteiger partial charge in [-0.05, 0) is 210 Å². The Balaban J connectivity index is 0.000000124. The SMILES string of the molecule is Cc1cc(C)c(C)c(-c2oc3ccccc3[n+]2C)c1.Cc1cc(C)c(C)c(-c2oc3ncccc3[n+]2C)c1.Cc1cc(C)c(C)c(-c2sc3ccccc3[n+]2C)c1.Cc1cc(C)c(C)c(-c2sc3ncccc3[n+]2C)c1. The summed E-state index contributed by atoms with van der Waals surface area (Å²) in [7, 11) is 8.34. The van der Waals surface area contributed by atoms with Gasteiger partial charge < -0.3 is 8.83 Å². The second kappa shape index (κ2) is 21.9. The first-order valence-corrected chi connectivity index (χ1v) is 27.5. The molecule has 0 saturated heterocycles. The molecule has 12 rings (SSSR count).